The molecule has 5 nitrogen and oxygen atoms in total. The summed E-state index contributed by atoms with van der Waals surface area (Å²) in [6.07, 6.45) is 0. The Balaban J connectivity index is 2.04. The van der Waals surface area contributed by atoms with Gasteiger partial charge in [-0.1, -0.05) is 28.1 Å². The van der Waals surface area contributed by atoms with Gasteiger partial charge in [0, 0.05) is 4.47 Å². The molecule has 92 valence electrons. The molecule has 2 N–H and O–H groups in total. The number of hydrogen-bond acceptors (Lipinski definition) is 3. The molecule has 0 saturated carbocycles. The van der Waals surface area contributed by atoms with Crippen LogP contribution < -0.4 is 10.6 Å². The lowest BCUT2D eigenvalue weighted by atomic mass is 9.96. The summed E-state index contributed by atoms with van der Waals surface area (Å²) in [7, 11) is 0. The predicted molar refractivity (Wildman–Crippen MR) is 66.5 cm³/mol. The molecule has 1 aromatic carbocycles. The van der Waals surface area contributed by atoms with Crippen LogP contribution in [0.2, 0.25) is 0 Å². The number of benzene rings is 1. The van der Waals surface area contributed by atoms with Crippen LogP contribution in [0.25, 0.3) is 0 Å². The summed E-state index contributed by atoms with van der Waals surface area (Å²) in [6, 6.07) is 6.68. The normalized spacial score (nSPS) is 22.2. The van der Waals surface area contributed by atoms with Crippen molar-refractivity contribution < 1.29 is 14.3 Å². The zero-order chi connectivity index (χ0) is 12.7. The van der Waals surface area contributed by atoms with Crippen LogP contribution in [0.1, 0.15) is 11.6 Å². The van der Waals surface area contributed by atoms with Gasteiger partial charge in [0.2, 0.25) is 0 Å². The van der Waals surface area contributed by atoms with E-state index in [2.05, 4.69) is 26.6 Å². The van der Waals surface area contributed by atoms with Crippen LogP contribution in [-0.4, -0.2) is 18.6 Å². The number of carbonyl (C=O) groups is 2. The molecular weight excluding hydrogens is 300 g/mol. The average molecular weight is 309 g/mol. The summed E-state index contributed by atoms with van der Waals surface area (Å²) < 4.78 is 5.89. The van der Waals surface area contributed by atoms with Gasteiger partial charge in [0.25, 0.3) is 0 Å². The molecule has 0 aliphatic carbocycles. The molecule has 2 heterocycles. The van der Waals surface area contributed by atoms with Crippen molar-refractivity contribution >= 4 is 27.9 Å². The summed E-state index contributed by atoms with van der Waals surface area (Å²) in [5.74, 6) is -0.384. The molecule has 0 radical (unpaired) electrons. The van der Waals surface area contributed by atoms with E-state index in [1.54, 1.807) is 0 Å². The minimum atomic E-state index is -0.447. The van der Waals surface area contributed by atoms with Gasteiger partial charge in [0.1, 0.15) is 6.61 Å². The van der Waals surface area contributed by atoms with Crippen LogP contribution in [-0.2, 0) is 9.53 Å². The molecule has 0 saturated heterocycles. The number of rotatable bonds is 1. The Labute approximate surface area is 111 Å². The minimum Gasteiger partial charge on any atom is -0.456 e. The lowest BCUT2D eigenvalue weighted by Crippen LogP contribution is -2.44. The van der Waals surface area contributed by atoms with E-state index < -0.39 is 6.04 Å². The Morgan fingerprint density at radius 1 is 1.22 bits per heavy atom. The molecular formula is C12H9BrN2O3. The van der Waals surface area contributed by atoms with Crippen LogP contribution in [0.4, 0.5) is 4.79 Å². The van der Waals surface area contributed by atoms with Gasteiger partial charge < -0.3 is 15.4 Å². The molecule has 2 aliphatic heterocycles. The highest BCUT2D eigenvalue weighted by atomic mass is 79.9. The third-order valence-electron chi connectivity index (χ3n) is 2.92. The van der Waals surface area contributed by atoms with E-state index in [0.29, 0.717) is 11.3 Å². The predicted octanol–water partition coefficient (Wildman–Crippen LogP) is 1.61. The molecule has 2 aliphatic rings. The molecule has 0 aromatic heterocycles. The van der Waals surface area contributed by atoms with Gasteiger partial charge in [-0.05, 0) is 17.7 Å². The lowest BCUT2D eigenvalue weighted by Gasteiger charge is -2.24. The second kappa shape index (κ2) is 4.13. The molecule has 2 amide bonds. The number of halogens is 1. The van der Waals surface area contributed by atoms with Crippen LogP contribution in [0, 0.1) is 0 Å². The minimum absolute atomic E-state index is 0.134. The summed E-state index contributed by atoms with van der Waals surface area (Å²) in [5.41, 5.74) is 1.88. The van der Waals surface area contributed by atoms with E-state index in [1.807, 2.05) is 24.3 Å². The number of nitrogens with one attached hydrogen (secondary N) is 2. The SMILES string of the molecule is O=C1NC2=C(C(=O)OC2)C(c2ccc(Br)cc2)N1. The Hall–Kier alpha value is -1.82. The molecule has 1 atom stereocenters. The quantitative estimate of drug-likeness (QED) is 0.775. The summed E-state index contributed by atoms with van der Waals surface area (Å²) >= 11 is 3.35. The van der Waals surface area contributed by atoms with Crippen molar-refractivity contribution in [2.75, 3.05) is 6.61 Å². The summed E-state index contributed by atoms with van der Waals surface area (Å²) in [5, 5.41) is 5.32. The monoisotopic (exact) mass is 308 g/mol. The number of cyclic esters (lactones) is 1. The van der Waals surface area contributed by atoms with Crippen molar-refractivity contribution in [3.05, 3.63) is 45.6 Å². The zero-order valence-corrected chi connectivity index (χ0v) is 10.8. The fourth-order valence-corrected chi connectivity index (χ4v) is 2.36. The van der Waals surface area contributed by atoms with E-state index in [9.17, 15) is 9.59 Å². The van der Waals surface area contributed by atoms with Gasteiger partial charge in [0.05, 0.1) is 17.3 Å². The van der Waals surface area contributed by atoms with E-state index in [0.717, 1.165) is 10.0 Å². The van der Waals surface area contributed by atoms with Crippen molar-refractivity contribution in [1.29, 1.82) is 0 Å². The third kappa shape index (κ3) is 1.78. The van der Waals surface area contributed by atoms with E-state index in [-0.39, 0.29) is 18.6 Å². The zero-order valence-electron chi connectivity index (χ0n) is 9.20. The van der Waals surface area contributed by atoms with Gasteiger partial charge in [-0.3, -0.25) is 0 Å². The number of amides is 2. The first-order valence-corrected chi connectivity index (χ1v) is 6.17. The standard InChI is InChI=1S/C12H9BrN2O3/c13-7-3-1-6(2-4-7)10-9-8(5-18-11(9)16)14-12(17)15-10/h1-4,10H,5H2,(H2,14,15,17). The average Bonchev–Trinajstić information content (AvgIpc) is 2.71. The van der Waals surface area contributed by atoms with E-state index in [1.165, 1.54) is 0 Å². The van der Waals surface area contributed by atoms with Crippen LogP contribution in [0.3, 0.4) is 0 Å². The Morgan fingerprint density at radius 2 is 1.94 bits per heavy atom. The fraction of sp³-hybridized carbons (Fsp3) is 0.167. The van der Waals surface area contributed by atoms with Gasteiger partial charge in [-0.2, -0.15) is 0 Å². The van der Waals surface area contributed by atoms with Crippen LogP contribution >= 0.6 is 15.9 Å². The maximum absolute atomic E-state index is 11.7. The van der Waals surface area contributed by atoms with Crippen molar-refractivity contribution in [3.8, 4) is 0 Å². The molecule has 1 aromatic rings. The molecule has 1 unspecified atom stereocenters. The molecule has 0 bridgehead atoms. The largest absolute Gasteiger partial charge is 0.456 e. The first kappa shape index (κ1) is 11.3. The third-order valence-corrected chi connectivity index (χ3v) is 3.45. The van der Waals surface area contributed by atoms with Crippen LogP contribution in [0.15, 0.2) is 40.0 Å². The van der Waals surface area contributed by atoms with Gasteiger partial charge in [0.15, 0.2) is 0 Å². The molecule has 0 fully saturated rings. The molecule has 0 spiro atoms. The second-order valence-electron chi connectivity index (χ2n) is 4.05. The van der Waals surface area contributed by atoms with Crippen molar-refractivity contribution in [2.45, 2.75) is 6.04 Å². The maximum atomic E-state index is 11.7. The maximum Gasteiger partial charge on any atom is 0.338 e. The van der Waals surface area contributed by atoms with Gasteiger partial charge >= 0.3 is 12.0 Å². The van der Waals surface area contributed by atoms with Crippen molar-refractivity contribution in [3.63, 3.8) is 0 Å². The first-order chi connectivity index (χ1) is 8.65. The van der Waals surface area contributed by atoms with Gasteiger partial charge in [-0.15, -0.1) is 0 Å². The summed E-state index contributed by atoms with van der Waals surface area (Å²) in [6.45, 7) is 0.134. The second-order valence-corrected chi connectivity index (χ2v) is 4.97. The molecule has 3 rings (SSSR count). The highest BCUT2D eigenvalue weighted by Crippen LogP contribution is 2.31. The number of hydrogen-bond donors (Lipinski definition) is 2. The highest BCUT2D eigenvalue weighted by Gasteiger charge is 2.37. The van der Waals surface area contributed by atoms with E-state index >= 15 is 0 Å². The smallest absolute Gasteiger partial charge is 0.338 e. The number of esters is 1. The summed E-state index contributed by atoms with van der Waals surface area (Å²) in [4.78, 5) is 23.2. The highest BCUT2D eigenvalue weighted by molar-refractivity contribution is 9.10. The molecule has 6 heteroatoms. The Bertz CT molecular complexity index is 565. The first-order valence-electron chi connectivity index (χ1n) is 5.38. The molecule has 18 heavy (non-hydrogen) atoms. The topological polar surface area (TPSA) is 67.4 Å². The number of carbonyl (C=O) groups excluding carboxylic acids is 2. The van der Waals surface area contributed by atoms with Crippen molar-refractivity contribution in [2.24, 2.45) is 0 Å². The number of ether oxygens (including phenoxy) is 1. The van der Waals surface area contributed by atoms with Crippen LogP contribution in [0.5, 0.6) is 0 Å². The van der Waals surface area contributed by atoms with Gasteiger partial charge in [-0.25, -0.2) is 9.59 Å². The fourth-order valence-electron chi connectivity index (χ4n) is 2.09. The number of urea groups is 1. The Kier molecular flexibility index (Phi) is 2.59. The van der Waals surface area contributed by atoms with Crippen molar-refractivity contribution in [1.82, 2.24) is 10.6 Å². The lowest BCUT2D eigenvalue weighted by molar-refractivity contribution is -0.136. The Morgan fingerprint density at radius 3 is 2.67 bits per heavy atom. The van der Waals surface area contributed by atoms with E-state index in [4.69, 9.17) is 4.74 Å².